The lowest BCUT2D eigenvalue weighted by molar-refractivity contribution is 0.137. The Balaban J connectivity index is 2.49. The zero-order valence-electron chi connectivity index (χ0n) is 6.08. The van der Waals surface area contributed by atoms with E-state index in [1.807, 2.05) is 13.8 Å². The van der Waals surface area contributed by atoms with E-state index in [4.69, 9.17) is 0 Å². The molecule has 9 heavy (non-hydrogen) atoms. The van der Waals surface area contributed by atoms with Gasteiger partial charge in [-0.3, -0.25) is 0 Å². The Morgan fingerprint density at radius 2 is 2.22 bits per heavy atom. The van der Waals surface area contributed by atoms with Crippen molar-refractivity contribution in [1.82, 2.24) is 5.32 Å². The molecule has 1 unspecified atom stereocenters. The van der Waals surface area contributed by atoms with E-state index >= 15 is 0 Å². The molecule has 1 N–H and O–H groups in total. The standard InChI is InChI=1S/C7H14FN/c1-7(2)6(8)4-3-5-9-7/h6,9H,3-5H2,1-2H3. The predicted molar refractivity (Wildman–Crippen MR) is 36.2 cm³/mol. The Labute approximate surface area is 55.6 Å². The van der Waals surface area contributed by atoms with Crippen molar-refractivity contribution in [3.05, 3.63) is 0 Å². The average Bonchev–Trinajstić information content (AvgIpc) is 1.77. The lowest BCUT2D eigenvalue weighted by atomic mass is 9.91. The monoisotopic (exact) mass is 131 g/mol. The maximum absolute atomic E-state index is 12.9. The van der Waals surface area contributed by atoms with Crippen molar-refractivity contribution in [3.63, 3.8) is 0 Å². The van der Waals surface area contributed by atoms with Crippen molar-refractivity contribution in [2.24, 2.45) is 0 Å². The molecule has 54 valence electrons. The first kappa shape index (κ1) is 7.00. The molecule has 1 aliphatic heterocycles. The van der Waals surface area contributed by atoms with Crippen LogP contribution in [-0.4, -0.2) is 18.3 Å². The molecule has 0 aromatic carbocycles. The van der Waals surface area contributed by atoms with Crippen LogP contribution < -0.4 is 5.32 Å². The summed E-state index contributed by atoms with van der Waals surface area (Å²) >= 11 is 0. The van der Waals surface area contributed by atoms with Crippen molar-refractivity contribution in [3.8, 4) is 0 Å². The zero-order valence-corrected chi connectivity index (χ0v) is 6.08. The molecule has 1 rings (SSSR count). The molecule has 0 radical (unpaired) electrons. The Morgan fingerprint density at radius 3 is 2.56 bits per heavy atom. The topological polar surface area (TPSA) is 12.0 Å². The molecule has 1 fully saturated rings. The fourth-order valence-electron chi connectivity index (χ4n) is 1.16. The van der Waals surface area contributed by atoms with Gasteiger partial charge in [-0.25, -0.2) is 4.39 Å². The predicted octanol–water partition coefficient (Wildman–Crippen LogP) is 1.49. The molecule has 1 saturated heterocycles. The van der Waals surface area contributed by atoms with E-state index in [0.29, 0.717) is 0 Å². The highest BCUT2D eigenvalue weighted by Gasteiger charge is 2.31. The quantitative estimate of drug-likeness (QED) is 0.525. The first-order chi connectivity index (χ1) is 4.13. The molecule has 0 aromatic rings. The highest BCUT2D eigenvalue weighted by Crippen LogP contribution is 2.21. The summed E-state index contributed by atoms with van der Waals surface area (Å²) in [4.78, 5) is 0. The second-order valence-corrected chi connectivity index (χ2v) is 3.26. The van der Waals surface area contributed by atoms with E-state index in [-0.39, 0.29) is 5.54 Å². The molecule has 0 amide bonds. The summed E-state index contributed by atoms with van der Waals surface area (Å²) in [5.74, 6) is 0. The van der Waals surface area contributed by atoms with Gasteiger partial charge in [-0.2, -0.15) is 0 Å². The van der Waals surface area contributed by atoms with Gasteiger partial charge in [0.05, 0.1) is 0 Å². The van der Waals surface area contributed by atoms with Crippen LogP contribution in [0, 0.1) is 0 Å². The van der Waals surface area contributed by atoms with E-state index in [1.54, 1.807) is 0 Å². The molecule has 1 heterocycles. The van der Waals surface area contributed by atoms with Crippen LogP contribution in [0.4, 0.5) is 4.39 Å². The zero-order chi connectivity index (χ0) is 6.91. The number of nitrogens with one attached hydrogen (secondary N) is 1. The fraction of sp³-hybridized carbons (Fsp3) is 1.00. The van der Waals surface area contributed by atoms with Gasteiger partial charge in [-0.05, 0) is 33.2 Å². The molecule has 0 spiro atoms. The van der Waals surface area contributed by atoms with Crippen LogP contribution in [0.5, 0.6) is 0 Å². The molecule has 1 aliphatic rings. The molecular weight excluding hydrogens is 117 g/mol. The molecular formula is C7H14FN. The first-order valence-electron chi connectivity index (χ1n) is 3.52. The van der Waals surface area contributed by atoms with Gasteiger partial charge in [-0.15, -0.1) is 0 Å². The highest BCUT2D eigenvalue weighted by molar-refractivity contribution is 4.89. The summed E-state index contributed by atoms with van der Waals surface area (Å²) in [6.07, 6.45) is 1.04. The number of halogens is 1. The van der Waals surface area contributed by atoms with Gasteiger partial charge in [0.15, 0.2) is 0 Å². The van der Waals surface area contributed by atoms with Gasteiger partial charge in [-0.1, -0.05) is 0 Å². The van der Waals surface area contributed by atoms with Gasteiger partial charge in [0.25, 0.3) is 0 Å². The van der Waals surface area contributed by atoms with Crippen molar-refractivity contribution < 1.29 is 4.39 Å². The second-order valence-electron chi connectivity index (χ2n) is 3.26. The van der Waals surface area contributed by atoms with Crippen molar-refractivity contribution in [2.45, 2.75) is 38.4 Å². The summed E-state index contributed by atoms with van der Waals surface area (Å²) in [5.41, 5.74) is -0.280. The first-order valence-corrected chi connectivity index (χ1v) is 3.52. The maximum atomic E-state index is 12.9. The molecule has 0 bridgehead atoms. The van der Waals surface area contributed by atoms with E-state index in [2.05, 4.69) is 5.32 Å². The van der Waals surface area contributed by atoms with Gasteiger partial charge in [0.1, 0.15) is 6.17 Å². The van der Waals surface area contributed by atoms with Crippen LogP contribution in [0.3, 0.4) is 0 Å². The van der Waals surface area contributed by atoms with Gasteiger partial charge in [0.2, 0.25) is 0 Å². The van der Waals surface area contributed by atoms with Crippen LogP contribution in [-0.2, 0) is 0 Å². The molecule has 1 atom stereocenters. The van der Waals surface area contributed by atoms with Crippen molar-refractivity contribution in [1.29, 1.82) is 0 Å². The van der Waals surface area contributed by atoms with Crippen LogP contribution in [0.2, 0.25) is 0 Å². The third-order valence-corrected chi connectivity index (χ3v) is 2.00. The summed E-state index contributed by atoms with van der Waals surface area (Å²) in [5, 5.41) is 3.13. The Kier molecular flexibility index (Phi) is 1.75. The third-order valence-electron chi connectivity index (χ3n) is 2.00. The van der Waals surface area contributed by atoms with Gasteiger partial charge in [0, 0.05) is 5.54 Å². The van der Waals surface area contributed by atoms with Crippen molar-refractivity contribution >= 4 is 0 Å². The van der Waals surface area contributed by atoms with E-state index < -0.39 is 6.17 Å². The average molecular weight is 131 g/mol. The molecule has 1 nitrogen and oxygen atoms in total. The summed E-state index contributed by atoms with van der Waals surface area (Å²) in [6.45, 7) is 4.79. The Bertz CT molecular complexity index is 101. The van der Waals surface area contributed by atoms with Crippen LogP contribution in [0.25, 0.3) is 0 Å². The normalized spacial score (nSPS) is 34.3. The lowest BCUT2D eigenvalue weighted by Crippen LogP contribution is -2.51. The number of rotatable bonds is 0. The largest absolute Gasteiger partial charge is 0.309 e. The van der Waals surface area contributed by atoms with Gasteiger partial charge < -0.3 is 5.32 Å². The lowest BCUT2D eigenvalue weighted by Gasteiger charge is -2.34. The van der Waals surface area contributed by atoms with Crippen LogP contribution in [0.1, 0.15) is 26.7 Å². The Morgan fingerprint density at radius 1 is 1.56 bits per heavy atom. The Hall–Kier alpha value is -0.110. The van der Waals surface area contributed by atoms with E-state index in [9.17, 15) is 4.39 Å². The minimum Gasteiger partial charge on any atom is -0.309 e. The number of alkyl halides is 1. The number of piperidine rings is 1. The highest BCUT2D eigenvalue weighted by atomic mass is 19.1. The van der Waals surface area contributed by atoms with E-state index in [1.165, 1.54) is 0 Å². The van der Waals surface area contributed by atoms with Crippen LogP contribution >= 0.6 is 0 Å². The summed E-state index contributed by atoms with van der Waals surface area (Å²) in [7, 11) is 0. The maximum Gasteiger partial charge on any atom is 0.118 e. The molecule has 2 heteroatoms. The molecule has 0 aromatic heterocycles. The smallest absolute Gasteiger partial charge is 0.118 e. The molecule has 0 saturated carbocycles. The number of hydrogen-bond donors (Lipinski definition) is 1. The third kappa shape index (κ3) is 1.42. The van der Waals surface area contributed by atoms with Gasteiger partial charge >= 0.3 is 0 Å². The SMILES string of the molecule is CC1(C)NCCCC1F. The summed E-state index contributed by atoms with van der Waals surface area (Å²) in [6, 6.07) is 0. The van der Waals surface area contributed by atoms with E-state index in [0.717, 1.165) is 19.4 Å². The summed E-state index contributed by atoms with van der Waals surface area (Å²) < 4.78 is 12.9. The van der Waals surface area contributed by atoms with Crippen molar-refractivity contribution in [2.75, 3.05) is 6.54 Å². The van der Waals surface area contributed by atoms with Crippen LogP contribution in [0.15, 0.2) is 0 Å². The fourth-order valence-corrected chi connectivity index (χ4v) is 1.16. The molecule has 0 aliphatic carbocycles. The number of hydrogen-bond acceptors (Lipinski definition) is 1. The second kappa shape index (κ2) is 2.25. The minimum atomic E-state index is -0.661. The minimum absolute atomic E-state index is 0.280.